The van der Waals surface area contributed by atoms with E-state index in [-0.39, 0.29) is 11.8 Å². The van der Waals surface area contributed by atoms with Crippen molar-refractivity contribution in [2.45, 2.75) is 6.61 Å². The van der Waals surface area contributed by atoms with Crippen LogP contribution in [0, 0.1) is 0 Å². The van der Waals surface area contributed by atoms with Gasteiger partial charge in [0.25, 0.3) is 0 Å². The predicted octanol–water partition coefficient (Wildman–Crippen LogP) is 2.98. The van der Waals surface area contributed by atoms with Crippen LogP contribution in [0.25, 0.3) is 21.9 Å². The molecule has 6 nitrogen and oxygen atoms in total. The monoisotopic (exact) mass is 306 g/mol. The van der Waals surface area contributed by atoms with Crippen LogP contribution in [-0.4, -0.2) is 20.1 Å². The van der Waals surface area contributed by atoms with Gasteiger partial charge in [-0.2, -0.15) is 9.97 Å². The summed E-state index contributed by atoms with van der Waals surface area (Å²) in [7, 11) is 0. The maximum absolute atomic E-state index is 10.0. The summed E-state index contributed by atoms with van der Waals surface area (Å²) in [4.78, 5) is 11.0. The highest BCUT2D eigenvalue weighted by atomic mass is 16.5. The first-order valence-electron chi connectivity index (χ1n) is 7.15. The minimum Gasteiger partial charge on any atom is -0.493 e. The second kappa shape index (κ2) is 5.17. The van der Waals surface area contributed by atoms with Crippen LogP contribution >= 0.6 is 0 Å². The fraction of sp³-hybridized carbons (Fsp3) is 0.0588. The number of H-pyrrole nitrogens is 1. The Labute approximate surface area is 131 Å². The molecule has 0 saturated heterocycles. The van der Waals surface area contributed by atoms with E-state index < -0.39 is 0 Å². The van der Waals surface area contributed by atoms with Gasteiger partial charge in [-0.15, -0.1) is 0 Å². The summed E-state index contributed by atoms with van der Waals surface area (Å²) in [5.74, 6) is 0.597. The lowest BCUT2D eigenvalue weighted by molar-refractivity contribution is 0.306. The van der Waals surface area contributed by atoms with Crippen LogP contribution in [0.4, 0.5) is 5.95 Å². The quantitative estimate of drug-likeness (QED) is 0.540. The number of aromatic amines is 1. The molecule has 0 fully saturated rings. The van der Waals surface area contributed by atoms with Crippen LogP contribution in [0.1, 0.15) is 5.56 Å². The minimum atomic E-state index is -0.140. The van der Waals surface area contributed by atoms with Gasteiger partial charge in [0.15, 0.2) is 0 Å². The van der Waals surface area contributed by atoms with E-state index in [4.69, 9.17) is 10.5 Å². The molecular weight excluding hydrogens is 292 g/mol. The number of anilines is 1. The number of nitrogens with two attached hydrogens (primary N) is 1. The summed E-state index contributed by atoms with van der Waals surface area (Å²) in [5.41, 5.74) is 7.99. The maximum atomic E-state index is 10.0. The molecule has 4 rings (SSSR count). The number of nitrogens with one attached hydrogen (secondary N) is 1. The third kappa shape index (κ3) is 2.40. The van der Waals surface area contributed by atoms with Gasteiger partial charge in [-0.05, 0) is 23.8 Å². The summed E-state index contributed by atoms with van der Waals surface area (Å²) >= 11 is 0. The standard InChI is InChI=1S/C17H14N4O2/c18-17-20-15-14(16(22)21-17)12-8-11(6-7-13(12)19-15)23-9-10-4-2-1-3-5-10/h1-8H,9H2,(H4,18,19,20,21,22). The van der Waals surface area contributed by atoms with E-state index in [2.05, 4.69) is 15.0 Å². The van der Waals surface area contributed by atoms with Crippen molar-refractivity contribution in [1.82, 2.24) is 15.0 Å². The number of ether oxygens (including phenoxy) is 1. The van der Waals surface area contributed by atoms with Crippen LogP contribution in [0.3, 0.4) is 0 Å². The molecular formula is C17H14N4O2. The second-order valence-corrected chi connectivity index (χ2v) is 5.24. The van der Waals surface area contributed by atoms with Gasteiger partial charge in [0.2, 0.25) is 11.8 Å². The molecule has 6 heteroatoms. The SMILES string of the molecule is Nc1nc(O)c2c(n1)[nH]c1ccc(OCc3ccccc3)cc12. The van der Waals surface area contributed by atoms with Crippen LogP contribution in [0.15, 0.2) is 48.5 Å². The van der Waals surface area contributed by atoms with Gasteiger partial charge in [0.1, 0.15) is 18.0 Å². The second-order valence-electron chi connectivity index (χ2n) is 5.24. The summed E-state index contributed by atoms with van der Waals surface area (Å²) in [6, 6.07) is 15.5. The largest absolute Gasteiger partial charge is 0.493 e. The number of aromatic nitrogens is 3. The van der Waals surface area contributed by atoms with E-state index in [1.165, 1.54) is 0 Å². The smallest absolute Gasteiger partial charge is 0.226 e. The van der Waals surface area contributed by atoms with Gasteiger partial charge in [-0.3, -0.25) is 0 Å². The fourth-order valence-electron chi connectivity index (χ4n) is 2.60. The molecule has 4 aromatic rings. The Kier molecular flexibility index (Phi) is 3.01. The summed E-state index contributed by atoms with van der Waals surface area (Å²) < 4.78 is 5.82. The van der Waals surface area contributed by atoms with Crippen molar-refractivity contribution >= 4 is 27.9 Å². The molecule has 0 radical (unpaired) electrons. The van der Waals surface area contributed by atoms with Crippen molar-refractivity contribution in [1.29, 1.82) is 0 Å². The van der Waals surface area contributed by atoms with Gasteiger partial charge in [0, 0.05) is 10.9 Å². The Morgan fingerprint density at radius 3 is 2.74 bits per heavy atom. The van der Waals surface area contributed by atoms with Crippen molar-refractivity contribution < 1.29 is 9.84 Å². The lowest BCUT2D eigenvalue weighted by Gasteiger charge is -2.06. The average Bonchev–Trinajstić information content (AvgIpc) is 2.91. The zero-order valence-electron chi connectivity index (χ0n) is 12.2. The zero-order chi connectivity index (χ0) is 15.8. The first kappa shape index (κ1) is 13.4. The van der Waals surface area contributed by atoms with E-state index in [0.717, 1.165) is 16.5 Å². The lowest BCUT2D eigenvalue weighted by atomic mass is 10.2. The molecule has 0 amide bonds. The van der Waals surface area contributed by atoms with E-state index in [0.29, 0.717) is 23.4 Å². The average molecular weight is 306 g/mol. The summed E-state index contributed by atoms with van der Waals surface area (Å²) in [6.45, 7) is 0.476. The van der Waals surface area contributed by atoms with Crippen molar-refractivity contribution in [3.05, 3.63) is 54.1 Å². The Morgan fingerprint density at radius 2 is 1.91 bits per heavy atom. The molecule has 0 aliphatic rings. The van der Waals surface area contributed by atoms with Gasteiger partial charge in [-0.25, -0.2) is 0 Å². The van der Waals surface area contributed by atoms with E-state index >= 15 is 0 Å². The van der Waals surface area contributed by atoms with Crippen molar-refractivity contribution in [2.75, 3.05) is 5.73 Å². The molecule has 0 atom stereocenters. The number of nitrogen functional groups attached to an aromatic ring is 1. The lowest BCUT2D eigenvalue weighted by Crippen LogP contribution is -1.95. The molecule has 4 N–H and O–H groups in total. The van der Waals surface area contributed by atoms with E-state index in [1.807, 2.05) is 48.5 Å². The predicted molar refractivity (Wildman–Crippen MR) is 88.2 cm³/mol. The van der Waals surface area contributed by atoms with Gasteiger partial charge >= 0.3 is 0 Å². The Bertz CT molecular complexity index is 996. The summed E-state index contributed by atoms with van der Waals surface area (Å²) in [6.07, 6.45) is 0. The Balaban J connectivity index is 1.73. The van der Waals surface area contributed by atoms with Gasteiger partial charge in [0.05, 0.1) is 5.39 Å². The van der Waals surface area contributed by atoms with Crippen molar-refractivity contribution in [3.8, 4) is 11.6 Å². The normalized spacial score (nSPS) is 11.1. The number of hydrogen-bond acceptors (Lipinski definition) is 5. The van der Waals surface area contributed by atoms with E-state index in [9.17, 15) is 5.11 Å². The third-order valence-electron chi connectivity index (χ3n) is 3.67. The van der Waals surface area contributed by atoms with E-state index in [1.54, 1.807) is 0 Å². The number of aromatic hydroxyl groups is 1. The highest BCUT2D eigenvalue weighted by Gasteiger charge is 2.13. The van der Waals surface area contributed by atoms with Gasteiger partial charge in [-0.1, -0.05) is 30.3 Å². The first-order valence-corrected chi connectivity index (χ1v) is 7.15. The molecule has 0 aliphatic carbocycles. The molecule has 114 valence electrons. The Hall–Kier alpha value is -3.28. The molecule has 0 bridgehead atoms. The van der Waals surface area contributed by atoms with Crippen molar-refractivity contribution in [3.63, 3.8) is 0 Å². The fourth-order valence-corrected chi connectivity index (χ4v) is 2.60. The number of hydrogen-bond donors (Lipinski definition) is 3. The molecule has 0 saturated carbocycles. The maximum Gasteiger partial charge on any atom is 0.226 e. The van der Waals surface area contributed by atoms with Crippen LogP contribution in [0.2, 0.25) is 0 Å². The van der Waals surface area contributed by atoms with Crippen LogP contribution in [0.5, 0.6) is 11.6 Å². The number of rotatable bonds is 3. The number of benzene rings is 2. The van der Waals surface area contributed by atoms with Crippen LogP contribution in [-0.2, 0) is 6.61 Å². The zero-order valence-corrected chi connectivity index (χ0v) is 12.2. The molecule has 0 spiro atoms. The molecule has 0 aliphatic heterocycles. The topological polar surface area (TPSA) is 97.0 Å². The first-order chi connectivity index (χ1) is 11.2. The highest BCUT2D eigenvalue weighted by Crippen LogP contribution is 2.33. The molecule has 2 aromatic heterocycles. The van der Waals surface area contributed by atoms with Crippen LogP contribution < -0.4 is 10.5 Å². The Morgan fingerprint density at radius 1 is 1.09 bits per heavy atom. The molecule has 0 unspecified atom stereocenters. The number of fused-ring (bicyclic) bond motifs is 3. The molecule has 2 heterocycles. The van der Waals surface area contributed by atoms with Crippen molar-refractivity contribution in [2.24, 2.45) is 0 Å². The summed E-state index contributed by atoms with van der Waals surface area (Å²) in [5, 5.41) is 11.4. The minimum absolute atomic E-state index is 0.0297. The third-order valence-corrected chi connectivity index (χ3v) is 3.67. The molecule has 2 aromatic carbocycles. The highest BCUT2D eigenvalue weighted by molar-refractivity contribution is 6.09. The van der Waals surface area contributed by atoms with Gasteiger partial charge < -0.3 is 20.6 Å². The molecule has 23 heavy (non-hydrogen) atoms. The number of nitrogens with zero attached hydrogens (tertiary/aromatic N) is 2.